The second kappa shape index (κ2) is 6.34. The van der Waals surface area contributed by atoms with Crippen LogP contribution in [-0.2, 0) is 0 Å². The van der Waals surface area contributed by atoms with E-state index in [4.69, 9.17) is 14.2 Å². The summed E-state index contributed by atoms with van der Waals surface area (Å²) < 4.78 is 16.5. The van der Waals surface area contributed by atoms with Crippen LogP contribution in [-0.4, -0.2) is 50.0 Å². The first-order chi connectivity index (χ1) is 10.9. The van der Waals surface area contributed by atoms with Gasteiger partial charge in [0.05, 0.1) is 0 Å². The topological polar surface area (TPSA) is 43.0 Å². The third-order valence-electron chi connectivity index (χ3n) is 4.97. The maximum Gasteiger partial charge on any atom is 0.231 e. The van der Waals surface area contributed by atoms with Gasteiger partial charge in [-0.25, -0.2) is 0 Å². The van der Waals surface area contributed by atoms with E-state index in [1.54, 1.807) is 0 Å². The predicted octanol–water partition coefficient (Wildman–Crippen LogP) is 2.01. The number of hydrogen-bond donors (Lipinski definition) is 1. The minimum atomic E-state index is 0.306. The van der Waals surface area contributed by atoms with Crippen LogP contribution in [0.3, 0.4) is 0 Å². The van der Waals surface area contributed by atoms with Crippen molar-refractivity contribution in [2.75, 3.05) is 33.0 Å². The number of piperidine rings is 1. The molecule has 2 fully saturated rings. The zero-order chi connectivity index (χ0) is 14.8. The van der Waals surface area contributed by atoms with Crippen LogP contribution >= 0.6 is 0 Å². The first kappa shape index (κ1) is 14.2. The Morgan fingerprint density at radius 3 is 3.14 bits per heavy atom. The molecule has 120 valence electrons. The summed E-state index contributed by atoms with van der Waals surface area (Å²) in [6, 6.07) is 7.21. The lowest BCUT2D eigenvalue weighted by molar-refractivity contribution is 0.163. The molecule has 1 aromatic carbocycles. The molecule has 0 bridgehead atoms. The lowest BCUT2D eigenvalue weighted by Gasteiger charge is -2.35. The molecule has 3 aliphatic rings. The monoisotopic (exact) mass is 304 g/mol. The van der Waals surface area contributed by atoms with Crippen LogP contribution in [0.25, 0.3) is 0 Å². The third-order valence-corrected chi connectivity index (χ3v) is 4.97. The van der Waals surface area contributed by atoms with Gasteiger partial charge in [0.2, 0.25) is 6.79 Å². The van der Waals surface area contributed by atoms with E-state index in [0.717, 1.165) is 29.8 Å². The van der Waals surface area contributed by atoms with Crippen LogP contribution in [0.15, 0.2) is 18.2 Å². The molecule has 4 rings (SSSR count). The van der Waals surface area contributed by atoms with E-state index in [0.29, 0.717) is 19.4 Å². The predicted molar refractivity (Wildman–Crippen MR) is 83.7 cm³/mol. The fraction of sp³-hybridized carbons (Fsp3) is 0.647. The van der Waals surface area contributed by atoms with Gasteiger partial charge in [-0.1, -0.05) is 0 Å². The molecule has 5 nitrogen and oxygen atoms in total. The minimum Gasteiger partial charge on any atom is -0.492 e. The normalized spacial score (nSPS) is 26.9. The van der Waals surface area contributed by atoms with Gasteiger partial charge in [-0.2, -0.15) is 0 Å². The maximum atomic E-state index is 5.80. The van der Waals surface area contributed by atoms with Gasteiger partial charge in [-0.05, 0) is 50.9 Å². The lowest BCUT2D eigenvalue weighted by atomic mass is 9.98. The summed E-state index contributed by atoms with van der Waals surface area (Å²) in [5.74, 6) is 2.42. The Labute approximate surface area is 131 Å². The van der Waals surface area contributed by atoms with Crippen LogP contribution < -0.4 is 19.5 Å². The Hall–Kier alpha value is -1.46. The van der Waals surface area contributed by atoms with E-state index >= 15 is 0 Å². The van der Waals surface area contributed by atoms with Crippen LogP contribution in [0.5, 0.6) is 17.2 Å². The molecule has 3 aliphatic heterocycles. The third kappa shape index (κ3) is 3.01. The van der Waals surface area contributed by atoms with Gasteiger partial charge < -0.3 is 24.4 Å². The van der Waals surface area contributed by atoms with Crippen molar-refractivity contribution < 1.29 is 14.2 Å². The average molecular weight is 304 g/mol. The van der Waals surface area contributed by atoms with Crippen LogP contribution in [0.2, 0.25) is 0 Å². The standard InChI is InChI=1S/C17H24N2O3/c1-2-14-10-13(5-8-19(14)7-1)18-6-9-20-15-3-4-16-17(11-15)22-12-21-16/h3-4,11,13-14,18H,1-2,5-10,12H2. The number of ether oxygens (including phenoxy) is 3. The SMILES string of the molecule is c1cc2c(cc1OCCNC1CCN3CCCC3C1)OCO2. The minimum absolute atomic E-state index is 0.306. The molecule has 2 unspecified atom stereocenters. The quantitative estimate of drug-likeness (QED) is 0.843. The Bertz CT molecular complexity index is 523. The molecule has 5 heteroatoms. The fourth-order valence-electron chi connectivity index (χ4n) is 3.81. The molecule has 0 saturated carbocycles. The summed E-state index contributed by atoms with van der Waals surface area (Å²) in [5, 5.41) is 3.65. The van der Waals surface area contributed by atoms with Crippen molar-refractivity contribution in [1.82, 2.24) is 10.2 Å². The summed E-state index contributed by atoms with van der Waals surface area (Å²) in [6.45, 7) is 4.45. The molecular formula is C17H24N2O3. The number of hydrogen-bond acceptors (Lipinski definition) is 5. The van der Waals surface area contributed by atoms with Crippen molar-refractivity contribution in [2.45, 2.75) is 37.8 Å². The van der Waals surface area contributed by atoms with Gasteiger partial charge in [0.25, 0.3) is 0 Å². The Morgan fingerprint density at radius 1 is 1.18 bits per heavy atom. The van der Waals surface area contributed by atoms with Crippen molar-refractivity contribution in [2.24, 2.45) is 0 Å². The van der Waals surface area contributed by atoms with Gasteiger partial charge >= 0.3 is 0 Å². The number of nitrogens with one attached hydrogen (secondary N) is 1. The highest BCUT2D eigenvalue weighted by molar-refractivity contribution is 5.46. The first-order valence-electron chi connectivity index (χ1n) is 8.38. The van der Waals surface area contributed by atoms with Gasteiger partial charge in [0.15, 0.2) is 11.5 Å². The van der Waals surface area contributed by atoms with E-state index < -0.39 is 0 Å². The molecule has 0 aromatic heterocycles. The first-order valence-corrected chi connectivity index (χ1v) is 8.38. The van der Waals surface area contributed by atoms with E-state index in [2.05, 4.69) is 10.2 Å². The molecule has 22 heavy (non-hydrogen) atoms. The summed E-state index contributed by atoms with van der Waals surface area (Å²) in [7, 11) is 0. The second-order valence-electron chi connectivity index (χ2n) is 6.37. The summed E-state index contributed by atoms with van der Waals surface area (Å²) in [5.41, 5.74) is 0. The van der Waals surface area contributed by atoms with E-state index in [1.807, 2.05) is 18.2 Å². The second-order valence-corrected chi connectivity index (χ2v) is 6.37. The van der Waals surface area contributed by atoms with E-state index in [9.17, 15) is 0 Å². The lowest BCUT2D eigenvalue weighted by Crippen LogP contribution is -2.46. The Morgan fingerprint density at radius 2 is 2.14 bits per heavy atom. The average Bonchev–Trinajstić information content (AvgIpc) is 3.19. The largest absolute Gasteiger partial charge is 0.492 e. The molecule has 0 spiro atoms. The van der Waals surface area contributed by atoms with Crippen molar-refractivity contribution in [1.29, 1.82) is 0 Å². The number of nitrogens with zero attached hydrogens (tertiary/aromatic N) is 1. The van der Waals surface area contributed by atoms with Crippen LogP contribution in [0.4, 0.5) is 0 Å². The number of rotatable bonds is 5. The molecule has 3 heterocycles. The van der Waals surface area contributed by atoms with Gasteiger partial charge in [0, 0.05) is 24.7 Å². The number of benzene rings is 1. The molecule has 0 radical (unpaired) electrons. The Balaban J connectivity index is 1.19. The fourth-order valence-corrected chi connectivity index (χ4v) is 3.81. The zero-order valence-electron chi connectivity index (χ0n) is 12.9. The highest BCUT2D eigenvalue weighted by Crippen LogP contribution is 2.35. The molecule has 0 amide bonds. The molecule has 1 N–H and O–H groups in total. The van der Waals surface area contributed by atoms with Crippen molar-refractivity contribution in [3.8, 4) is 17.2 Å². The van der Waals surface area contributed by atoms with E-state index in [-0.39, 0.29) is 0 Å². The van der Waals surface area contributed by atoms with Crippen molar-refractivity contribution in [3.63, 3.8) is 0 Å². The Kier molecular flexibility index (Phi) is 4.08. The van der Waals surface area contributed by atoms with Crippen molar-refractivity contribution in [3.05, 3.63) is 18.2 Å². The molecule has 2 saturated heterocycles. The zero-order valence-corrected chi connectivity index (χ0v) is 12.9. The summed E-state index contributed by atoms with van der Waals surface area (Å²) in [6.07, 6.45) is 5.32. The number of fused-ring (bicyclic) bond motifs is 2. The summed E-state index contributed by atoms with van der Waals surface area (Å²) in [4.78, 5) is 2.65. The maximum absolute atomic E-state index is 5.80. The molecule has 1 aromatic rings. The smallest absolute Gasteiger partial charge is 0.231 e. The summed E-state index contributed by atoms with van der Waals surface area (Å²) >= 11 is 0. The molecular weight excluding hydrogens is 280 g/mol. The van der Waals surface area contributed by atoms with Gasteiger partial charge in [0.1, 0.15) is 12.4 Å². The van der Waals surface area contributed by atoms with Crippen LogP contribution in [0, 0.1) is 0 Å². The highest BCUT2D eigenvalue weighted by Gasteiger charge is 2.31. The highest BCUT2D eigenvalue weighted by atomic mass is 16.7. The van der Waals surface area contributed by atoms with E-state index in [1.165, 1.54) is 38.8 Å². The molecule has 2 atom stereocenters. The van der Waals surface area contributed by atoms with Crippen molar-refractivity contribution >= 4 is 0 Å². The van der Waals surface area contributed by atoms with Gasteiger partial charge in [-0.3, -0.25) is 0 Å². The van der Waals surface area contributed by atoms with Gasteiger partial charge in [-0.15, -0.1) is 0 Å². The van der Waals surface area contributed by atoms with Crippen LogP contribution in [0.1, 0.15) is 25.7 Å². The molecule has 0 aliphatic carbocycles.